The maximum atomic E-state index is 12.5. The van der Waals surface area contributed by atoms with Crippen LogP contribution in [0.15, 0.2) is 30.3 Å². The van der Waals surface area contributed by atoms with E-state index < -0.39 is 55.0 Å². The van der Waals surface area contributed by atoms with Gasteiger partial charge in [0.05, 0.1) is 13.2 Å². The van der Waals surface area contributed by atoms with Crippen molar-refractivity contribution in [2.45, 2.75) is 44.8 Å². The number of hydrogen-bond donors (Lipinski definition) is 6. The molecule has 0 heterocycles. The Balaban J connectivity index is 2.67. The molecule has 0 saturated carbocycles. The van der Waals surface area contributed by atoms with Crippen molar-refractivity contribution in [2.24, 2.45) is 11.7 Å². The number of aliphatic carboxylic acids is 1. The monoisotopic (exact) mass is 422 g/mol. The number of hydrogen-bond acceptors (Lipinski definition) is 6. The van der Waals surface area contributed by atoms with Crippen molar-refractivity contribution in [3.63, 3.8) is 0 Å². The Kier molecular flexibility index (Phi) is 10.5. The summed E-state index contributed by atoms with van der Waals surface area (Å²) in [6, 6.07) is 5.57. The van der Waals surface area contributed by atoms with Crippen LogP contribution in [-0.4, -0.2) is 65.2 Å². The normalized spacial score (nSPS) is 14.7. The van der Waals surface area contributed by atoms with E-state index in [4.69, 9.17) is 10.8 Å². The third-order valence-corrected chi connectivity index (χ3v) is 4.67. The molecule has 0 saturated heterocycles. The first-order valence-corrected chi connectivity index (χ1v) is 9.70. The molecule has 4 atom stereocenters. The van der Waals surface area contributed by atoms with Crippen molar-refractivity contribution < 1.29 is 29.4 Å². The van der Waals surface area contributed by atoms with Gasteiger partial charge in [0.2, 0.25) is 17.7 Å². The molecule has 0 radical (unpaired) electrons. The van der Waals surface area contributed by atoms with Gasteiger partial charge >= 0.3 is 5.97 Å². The van der Waals surface area contributed by atoms with Gasteiger partial charge in [0, 0.05) is 6.42 Å². The molecule has 0 aliphatic rings. The lowest BCUT2D eigenvalue weighted by Gasteiger charge is -2.24. The van der Waals surface area contributed by atoms with Crippen molar-refractivity contribution in [1.82, 2.24) is 16.0 Å². The third kappa shape index (κ3) is 8.18. The molecule has 10 nitrogen and oxygen atoms in total. The van der Waals surface area contributed by atoms with Gasteiger partial charge in [0.15, 0.2) is 0 Å². The molecule has 1 aromatic rings. The fourth-order valence-corrected chi connectivity index (χ4v) is 2.62. The van der Waals surface area contributed by atoms with E-state index in [1.807, 2.05) is 6.92 Å². The Morgan fingerprint density at radius 1 is 1.07 bits per heavy atom. The maximum absolute atomic E-state index is 12.5. The minimum absolute atomic E-state index is 0.0977. The van der Waals surface area contributed by atoms with Gasteiger partial charge in [0.1, 0.15) is 18.1 Å². The number of carbonyl (C=O) groups is 4. The predicted octanol–water partition coefficient (Wildman–Crippen LogP) is -1.23. The Hall–Kier alpha value is -2.98. The lowest BCUT2D eigenvalue weighted by atomic mass is 9.98. The van der Waals surface area contributed by atoms with Crippen LogP contribution in [0.1, 0.15) is 25.8 Å². The molecule has 1 aromatic carbocycles. The smallest absolute Gasteiger partial charge is 0.326 e. The molecule has 0 fully saturated rings. The lowest BCUT2D eigenvalue weighted by Crippen LogP contribution is -2.56. The summed E-state index contributed by atoms with van der Waals surface area (Å²) in [7, 11) is 0. The Morgan fingerprint density at radius 3 is 2.23 bits per heavy atom. The van der Waals surface area contributed by atoms with E-state index in [0.717, 1.165) is 5.56 Å². The molecule has 0 aliphatic heterocycles. The van der Waals surface area contributed by atoms with Crippen LogP contribution >= 0.6 is 0 Å². The summed E-state index contributed by atoms with van der Waals surface area (Å²) < 4.78 is 0. The summed E-state index contributed by atoms with van der Waals surface area (Å²) in [5.74, 6) is -3.41. The zero-order valence-corrected chi connectivity index (χ0v) is 17.1. The van der Waals surface area contributed by atoms with Crippen LogP contribution in [0.2, 0.25) is 0 Å². The second kappa shape index (κ2) is 12.6. The topological polar surface area (TPSA) is 171 Å². The number of carboxylic acids is 1. The molecular formula is C20H30N4O6. The molecular weight excluding hydrogens is 392 g/mol. The highest BCUT2D eigenvalue weighted by molar-refractivity contribution is 5.92. The number of aliphatic hydroxyl groups is 1. The van der Waals surface area contributed by atoms with Crippen molar-refractivity contribution in [3.05, 3.63) is 35.9 Å². The van der Waals surface area contributed by atoms with Gasteiger partial charge in [-0.1, -0.05) is 50.6 Å². The number of rotatable bonds is 12. The summed E-state index contributed by atoms with van der Waals surface area (Å²) in [5.41, 5.74) is 6.21. The van der Waals surface area contributed by atoms with Crippen molar-refractivity contribution in [2.75, 3.05) is 13.2 Å². The first-order chi connectivity index (χ1) is 14.2. The van der Waals surface area contributed by atoms with Crippen molar-refractivity contribution in [1.29, 1.82) is 0 Å². The van der Waals surface area contributed by atoms with Crippen molar-refractivity contribution in [3.8, 4) is 0 Å². The lowest BCUT2D eigenvalue weighted by molar-refractivity contribution is -0.141. The molecule has 166 valence electrons. The van der Waals surface area contributed by atoms with Gasteiger partial charge in [0.25, 0.3) is 0 Å². The minimum Gasteiger partial charge on any atom is -0.480 e. The first-order valence-electron chi connectivity index (χ1n) is 9.70. The largest absolute Gasteiger partial charge is 0.480 e. The van der Waals surface area contributed by atoms with Gasteiger partial charge in [-0.2, -0.15) is 0 Å². The Bertz CT molecular complexity index is 727. The summed E-state index contributed by atoms with van der Waals surface area (Å²) in [6.45, 7) is 2.56. The highest BCUT2D eigenvalue weighted by Crippen LogP contribution is 2.08. The predicted molar refractivity (Wildman–Crippen MR) is 109 cm³/mol. The summed E-state index contributed by atoms with van der Waals surface area (Å²) in [6.07, 6.45) is 0.664. The van der Waals surface area contributed by atoms with E-state index in [-0.39, 0.29) is 12.3 Å². The fourth-order valence-electron chi connectivity index (χ4n) is 2.62. The number of carbonyl (C=O) groups excluding carboxylic acids is 3. The maximum Gasteiger partial charge on any atom is 0.326 e. The quantitative estimate of drug-likeness (QED) is 0.245. The van der Waals surface area contributed by atoms with E-state index >= 15 is 0 Å². The number of nitrogens with two attached hydrogens (primary N) is 1. The summed E-state index contributed by atoms with van der Waals surface area (Å²) in [4.78, 5) is 48.0. The van der Waals surface area contributed by atoms with Crippen LogP contribution in [0.4, 0.5) is 0 Å². The standard InChI is InChI=1S/C20H30N4O6/c1-3-12(2)17(24-18(27)14(21)11-25)19(28)22-10-16(26)23-15(20(29)30)9-13-7-5-4-6-8-13/h4-8,12,14-15,17,25H,3,9-11,21H2,1-2H3,(H,22,28)(H,23,26)(H,24,27)(H,29,30). The number of benzene rings is 1. The molecule has 10 heteroatoms. The van der Waals surface area contributed by atoms with E-state index in [1.54, 1.807) is 37.3 Å². The molecule has 0 spiro atoms. The Labute approximate surface area is 175 Å². The van der Waals surface area contributed by atoms with E-state index in [0.29, 0.717) is 6.42 Å². The molecule has 30 heavy (non-hydrogen) atoms. The number of aliphatic hydroxyl groups excluding tert-OH is 1. The van der Waals surface area contributed by atoms with E-state index in [2.05, 4.69) is 16.0 Å². The molecule has 0 aliphatic carbocycles. The summed E-state index contributed by atoms with van der Waals surface area (Å²) in [5, 5.41) is 25.6. The number of carboxylic acid groups (broad SMARTS) is 1. The fraction of sp³-hybridized carbons (Fsp3) is 0.500. The molecule has 0 bridgehead atoms. The molecule has 3 amide bonds. The minimum atomic E-state index is -1.19. The van der Waals surface area contributed by atoms with Crippen LogP contribution < -0.4 is 21.7 Å². The third-order valence-electron chi connectivity index (χ3n) is 4.67. The average molecular weight is 422 g/mol. The second-order valence-electron chi connectivity index (χ2n) is 7.03. The number of amides is 3. The van der Waals surface area contributed by atoms with Gasteiger partial charge in [-0.3, -0.25) is 14.4 Å². The average Bonchev–Trinajstić information content (AvgIpc) is 2.74. The molecule has 7 N–H and O–H groups in total. The zero-order chi connectivity index (χ0) is 22.7. The highest BCUT2D eigenvalue weighted by atomic mass is 16.4. The number of nitrogens with one attached hydrogen (secondary N) is 3. The SMILES string of the molecule is CCC(C)C(NC(=O)C(N)CO)C(=O)NCC(=O)NC(Cc1ccccc1)C(=O)O. The molecule has 4 unspecified atom stereocenters. The second-order valence-corrected chi connectivity index (χ2v) is 7.03. The van der Waals surface area contributed by atoms with E-state index in [9.17, 15) is 24.3 Å². The van der Waals surface area contributed by atoms with Crippen LogP contribution in [0.5, 0.6) is 0 Å². The zero-order valence-electron chi connectivity index (χ0n) is 17.1. The van der Waals surface area contributed by atoms with Crippen LogP contribution in [0.3, 0.4) is 0 Å². The summed E-state index contributed by atoms with van der Waals surface area (Å²) >= 11 is 0. The highest BCUT2D eigenvalue weighted by Gasteiger charge is 2.28. The van der Waals surface area contributed by atoms with Gasteiger partial charge in [-0.25, -0.2) is 4.79 Å². The van der Waals surface area contributed by atoms with Crippen LogP contribution in [0.25, 0.3) is 0 Å². The van der Waals surface area contributed by atoms with Crippen LogP contribution in [-0.2, 0) is 25.6 Å². The van der Waals surface area contributed by atoms with Gasteiger partial charge in [-0.15, -0.1) is 0 Å². The van der Waals surface area contributed by atoms with Gasteiger partial charge < -0.3 is 31.9 Å². The van der Waals surface area contributed by atoms with E-state index in [1.165, 1.54) is 0 Å². The Morgan fingerprint density at radius 2 is 1.70 bits per heavy atom. The first kappa shape index (κ1) is 25.1. The van der Waals surface area contributed by atoms with Crippen molar-refractivity contribution >= 4 is 23.7 Å². The van der Waals surface area contributed by atoms with Crippen LogP contribution in [0, 0.1) is 5.92 Å². The van der Waals surface area contributed by atoms with Gasteiger partial charge in [-0.05, 0) is 11.5 Å². The molecule has 1 rings (SSSR count). The molecule has 0 aromatic heterocycles.